The Morgan fingerprint density at radius 1 is 1.38 bits per heavy atom. The minimum atomic E-state index is -0.511. The molecule has 128 valence electrons. The van der Waals surface area contributed by atoms with Gasteiger partial charge in [0.1, 0.15) is 10.8 Å². The lowest BCUT2D eigenvalue weighted by Crippen LogP contribution is -2.15. The Balaban J connectivity index is 2.35. The van der Waals surface area contributed by atoms with E-state index in [4.69, 9.17) is 4.74 Å². The van der Waals surface area contributed by atoms with Crippen LogP contribution in [-0.4, -0.2) is 19.0 Å². The van der Waals surface area contributed by atoms with Crippen molar-refractivity contribution < 1.29 is 18.7 Å². The second kappa shape index (κ2) is 7.90. The predicted octanol–water partition coefficient (Wildman–Crippen LogP) is 4.89. The molecule has 0 fully saturated rings. The van der Waals surface area contributed by atoms with Crippen LogP contribution >= 0.6 is 27.3 Å². The van der Waals surface area contributed by atoms with Gasteiger partial charge in [-0.15, -0.1) is 11.3 Å². The molecule has 0 aliphatic carbocycles. The minimum absolute atomic E-state index is 0.157. The molecule has 0 bridgehead atoms. The molecule has 1 aromatic carbocycles. The fraction of sp³-hybridized carbons (Fsp3) is 0.294. The highest BCUT2D eigenvalue weighted by molar-refractivity contribution is 9.10. The number of ether oxygens (including phenoxy) is 1. The predicted molar refractivity (Wildman–Crippen MR) is 96.3 cm³/mol. The van der Waals surface area contributed by atoms with Gasteiger partial charge < -0.3 is 10.1 Å². The smallest absolute Gasteiger partial charge is 0.341 e. The van der Waals surface area contributed by atoms with Crippen LogP contribution in [0.2, 0.25) is 0 Å². The van der Waals surface area contributed by atoms with E-state index in [1.165, 1.54) is 30.6 Å². The van der Waals surface area contributed by atoms with E-state index in [0.29, 0.717) is 27.4 Å². The monoisotopic (exact) mass is 413 g/mol. The van der Waals surface area contributed by atoms with Crippen LogP contribution in [0.1, 0.15) is 40.1 Å². The highest BCUT2D eigenvalue weighted by atomic mass is 79.9. The molecule has 24 heavy (non-hydrogen) atoms. The number of methoxy groups -OCH3 is 1. The Labute approximate surface area is 152 Å². The van der Waals surface area contributed by atoms with Crippen molar-refractivity contribution >= 4 is 44.1 Å². The zero-order valence-electron chi connectivity index (χ0n) is 13.5. The third kappa shape index (κ3) is 4.21. The van der Waals surface area contributed by atoms with Gasteiger partial charge in [-0.3, -0.25) is 4.79 Å². The Hall–Kier alpha value is -1.73. The number of esters is 1. The third-order valence-corrected chi connectivity index (χ3v) is 4.92. The van der Waals surface area contributed by atoms with E-state index < -0.39 is 17.7 Å². The summed E-state index contributed by atoms with van der Waals surface area (Å²) in [6.45, 7) is 4.08. The van der Waals surface area contributed by atoms with Crippen LogP contribution in [0.4, 0.5) is 9.39 Å². The van der Waals surface area contributed by atoms with Crippen LogP contribution in [0.5, 0.6) is 0 Å². The molecule has 0 radical (unpaired) electrons. The second-order valence-electron chi connectivity index (χ2n) is 5.63. The number of amides is 1. The molecular weight excluding hydrogens is 397 g/mol. The zero-order chi connectivity index (χ0) is 17.9. The van der Waals surface area contributed by atoms with Crippen molar-refractivity contribution in [3.63, 3.8) is 0 Å². The molecule has 1 N–H and O–H groups in total. The van der Waals surface area contributed by atoms with Crippen molar-refractivity contribution in [3.8, 4) is 0 Å². The lowest BCUT2D eigenvalue weighted by atomic mass is 10.0. The number of rotatable bonds is 5. The molecule has 0 saturated carbocycles. The molecule has 1 amide bonds. The van der Waals surface area contributed by atoms with E-state index in [1.54, 1.807) is 0 Å². The standard InChI is InChI=1S/C17H17BrFNO3S/c1-9(2)6-10-8-24-16(14(10)17(22)23-3)20-15(21)12-7-11(19)4-5-13(12)18/h4-5,7-9H,6H2,1-3H3,(H,20,21). The largest absolute Gasteiger partial charge is 0.465 e. The molecule has 1 heterocycles. The van der Waals surface area contributed by atoms with Crippen molar-refractivity contribution in [2.45, 2.75) is 20.3 Å². The topological polar surface area (TPSA) is 55.4 Å². The molecule has 0 aliphatic heterocycles. The lowest BCUT2D eigenvalue weighted by molar-refractivity contribution is 0.0601. The fourth-order valence-corrected chi connectivity index (χ4v) is 3.63. The van der Waals surface area contributed by atoms with Crippen LogP contribution < -0.4 is 5.32 Å². The van der Waals surface area contributed by atoms with Crippen LogP contribution in [-0.2, 0) is 11.2 Å². The van der Waals surface area contributed by atoms with E-state index >= 15 is 0 Å². The first-order valence-electron chi connectivity index (χ1n) is 7.28. The summed E-state index contributed by atoms with van der Waals surface area (Å²) in [5, 5.41) is 4.92. The highest BCUT2D eigenvalue weighted by Gasteiger charge is 2.22. The summed E-state index contributed by atoms with van der Waals surface area (Å²) in [7, 11) is 1.30. The van der Waals surface area contributed by atoms with E-state index in [9.17, 15) is 14.0 Å². The van der Waals surface area contributed by atoms with Gasteiger partial charge in [-0.25, -0.2) is 9.18 Å². The first-order chi connectivity index (χ1) is 11.3. The van der Waals surface area contributed by atoms with Crippen LogP contribution in [0, 0.1) is 11.7 Å². The number of hydrogen-bond acceptors (Lipinski definition) is 4. The van der Waals surface area contributed by atoms with E-state index in [1.807, 2.05) is 19.2 Å². The first-order valence-corrected chi connectivity index (χ1v) is 8.95. The molecule has 7 heteroatoms. The number of halogens is 2. The number of thiophene rings is 1. The first kappa shape index (κ1) is 18.6. The van der Waals surface area contributed by atoms with Gasteiger partial charge in [0, 0.05) is 4.47 Å². The summed E-state index contributed by atoms with van der Waals surface area (Å²) in [6, 6.07) is 3.86. The zero-order valence-corrected chi connectivity index (χ0v) is 15.9. The lowest BCUT2D eigenvalue weighted by Gasteiger charge is -2.09. The number of carbonyl (C=O) groups is 2. The molecule has 0 saturated heterocycles. The van der Waals surface area contributed by atoms with Crippen LogP contribution in [0.15, 0.2) is 28.1 Å². The van der Waals surface area contributed by atoms with Gasteiger partial charge in [0.2, 0.25) is 0 Å². The second-order valence-corrected chi connectivity index (χ2v) is 7.37. The average molecular weight is 414 g/mol. The van der Waals surface area contributed by atoms with Gasteiger partial charge in [-0.1, -0.05) is 13.8 Å². The highest BCUT2D eigenvalue weighted by Crippen LogP contribution is 2.31. The molecule has 2 aromatic rings. The van der Waals surface area contributed by atoms with Gasteiger partial charge >= 0.3 is 5.97 Å². The maximum Gasteiger partial charge on any atom is 0.341 e. The van der Waals surface area contributed by atoms with Crippen LogP contribution in [0.3, 0.4) is 0 Å². The summed E-state index contributed by atoms with van der Waals surface area (Å²) in [5.74, 6) is -1.16. The summed E-state index contributed by atoms with van der Waals surface area (Å²) in [6.07, 6.45) is 0.695. The SMILES string of the molecule is COC(=O)c1c(CC(C)C)csc1NC(=O)c1cc(F)ccc1Br. The molecule has 0 atom stereocenters. The quantitative estimate of drug-likeness (QED) is 0.709. The Morgan fingerprint density at radius 2 is 2.08 bits per heavy atom. The molecule has 0 unspecified atom stereocenters. The van der Waals surface area contributed by atoms with Crippen LogP contribution in [0.25, 0.3) is 0 Å². The van der Waals surface area contributed by atoms with Gasteiger partial charge in [0.05, 0.1) is 18.2 Å². The average Bonchev–Trinajstić information content (AvgIpc) is 2.90. The summed E-state index contributed by atoms with van der Waals surface area (Å²) >= 11 is 4.48. The molecule has 0 aliphatic rings. The Bertz CT molecular complexity index is 773. The van der Waals surface area contributed by atoms with E-state index in [-0.39, 0.29) is 5.56 Å². The number of benzene rings is 1. The van der Waals surface area contributed by atoms with Crippen molar-refractivity contribution in [1.29, 1.82) is 0 Å². The van der Waals surface area contributed by atoms with Crippen molar-refractivity contribution in [3.05, 3.63) is 50.6 Å². The number of nitrogens with one attached hydrogen (secondary N) is 1. The minimum Gasteiger partial charge on any atom is -0.465 e. The number of carbonyl (C=O) groups excluding carboxylic acids is 2. The summed E-state index contributed by atoms with van der Waals surface area (Å²) in [4.78, 5) is 24.5. The maximum atomic E-state index is 13.4. The normalized spacial score (nSPS) is 10.8. The molecule has 0 spiro atoms. The molecular formula is C17H17BrFNO3S. The fourth-order valence-electron chi connectivity index (χ4n) is 2.24. The molecule has 2 rings (SSSR count). The summed E-state index contributed by atoms with van der Waals surface area (Å²) < 4.78 is 18.7. The molecule has 4 nitrogen and oxygen atoms in total. The van der Waals surface area contributed by atoms with Gasteiger partial charge in [-0.05, 0) is 57.4 Å². The molecule has 1 aromatic heterocycles. The number of anilines is 1. The van der Waals surface area contributed by atoms with E-state index in [2.05, 4.69) is 21.2 Å². The maximum absolute atomic E-state index is 13.4. The van der Waals surface area contributed by atoms with Crippen molar-refractivity contribution in [2.24, 2.45) is 5.92 Å². The summed E-state index contributed by atoms with van der Waals surface area (Å²) in [5.41, 5.74) is 1.34. The van der Waals surface area contributed by atoms with Gasteiger partial charge in [0.25, 0.3) is 5.91 Å². The van der Waals surface area contributed by atoms with Gasteiger partial charge in [-0.2, -0.15) is 0 Å². The number of hydrogen-bond donors (Lipinski definition) is 1. The van der Waals surface area contributed by atoms with E-state index in [0.717, 1.165) is 11.6 Å². The third-order valence-electron chi connectivity index (χ3n) is 3.28. The van der Waals surface area contributed by atoms with Crippen molar-refractivity contribution in [2.75, 3.05) is 12.4 Å². The van der Waals surface area contributed by atoms with Crippen molar-refractivity contribution in [1.82, 2.24) is 0 Å². The Morgan fingerprint density at radius 3 is 2.71 bits per heavy atom. The Kier molecular flexibility index (Phi) is 6.12. The van der Waals surface area contributed by atoms with Gasteiger partial charge in [0.15, 0.2) is 0 Å².